The number of fused-ring (bicyclic) bond motifs is 2. The molecule has 8 heteroatoms. The van der Waals surface area contributed by atoms with Crippen LogP contribution in [0, 0.1) is 11.3 Å². The Bertz CT molecular complexity index is 1060. The van der Waals surface area contributed by atoms with E-state index in [0.29, 0.717) is 38.8 Å². The average Bonchev–Trinajstić information content (AvgIpc) is 2.96. The number of allylic oxidation sites excluding steroid dienone is 2. The van der Waals surface area contributed by atoms with Crippen LogP contribution < -0.4 is 0 Å². The number of piperidine rings is 1. The van der Waals surface area contributed by atoms with E-state index in [0.717, 1.165) is 18.4 Å². The molecule has 1 aromatic rings. The molecule has 0 N–H and O–H groups in total. The molecule has 0 aliphatic carbocycles. The second kappa shape index (κ2) is 14.4. The van der Waals surface area contributed by atoms with Gasteiger partial charge in [-0.1, -0.05) is 63.3 Å². The Hall–Kier alpha value is -3.26. The van der Waals surface area contributed by atoms with Crippen molar-refractivity contribution >= 4 is 23.6 Å². The summed E-state index contributed by atoms with van der Waals surface area (Å²) >= 11 is 0. The van der Waals surface area contributed by atoms with Crippen molar-refractivity contribution in [2.75, 3.05) is 19.7 Å². The number of nitrogens with zero attached hydrogens (tertiary/aromatic N) is 2. The van der Waals surface area contributed by atoms with Crippen LogP contribution in [-0.2, 0) is 35.3 Å². The van der Waals surface area contributed by atoms with Crippen LogP contribution in [0.15, 0.2) is 55.6 Å². The number of benzene rings is 1. The summed E-state index contributed by atoms with van der Waals surface area (Å²) in [5, 5.41) is 0. The quantitative estimate of drug-likeness (QED) is 0.181. The van der Waals surface area contributed by atoms with Crippen LogP contribution >= 0.6 is 0 Å². The topological polar surface area (TPSA) is 93.2 Å². The first-order chi connectivity index (χ1) is 19.1. The Morgan fingerprint density at radius 2 is 1.77 bits per heavy atom. The van der Waals surface area contributed by atoms with Crippen molar-refractivity contribution in [2.45, 2.75) is 84.1 Å². The summed E-state index contributed by atoms with van der Waals surface area (Å²) in [6.45, 7) is 13.7. The highest BCUT2D eigenvalue weighted by Crippen LogP contribution is 2.32. The van der Waals surface area contributed by atoms with Crippen molar-refractivity contribution in [3.05, 3.63) is 61.2 Å². The number of esters is 1. The zero-order valence-electron chi connectivity index (χ0n) is 24.2. The fourth-order valence-corrected chi connectivity index (χ4v) is 5.27. The predicted molar refractivity (Wildman–Crippen MR) is 153 cm³/mol. The zero-order chi connectivity index (χ0) is 29.3. The first kappa shape index (κ1) is 31.3. The van der Waals surface area contributed by atoms with Gasteiger partial charge in [0.1, 0.15) is 18.8 Å². The van der Waals surface area contributed by atoms with Crippen LogP contribution in [-0.4, -0.2) is 71.3 Å². The molecule has 2 unspecified atom stereocenters. The lowest BCUT2D eigenvalue weighted by atomic mass is 9.82. The SMILES string of the molecule is C=CCC(CC=C)C(=O)OC[C@@H](CN1CC2CCCC(C1=O)N2C(=O)C(=O)C(C)(C)CC)OCc1ccccc1. The van der Waals surface area contributed by atoms with Gasteiger partial charge < -0.3 is 19.3 Å². The van der Waals surface area contributed by atoms with E-state index < -0.39 is 29.3 Å². The van der Waals surface area contributed by atoms with Crippen molar-refractivity contribution in [3.8, 4) is 0 Å². The van der Waals surface area contributed by atoms with Gasteiger partial charge in [-0.25, -0.2) is 0 Å². The molecule has 2 fully saturated rings. The van der Waals surface area contributed by atoms with E-state index in [-0.39, 0.29) is 37.0 Å². The average molecular weight is 553 g/mol. The summed E-state index contributed by atoms with van der Waals surface area (Å²) in [4.78, 5) is 56.0. The van der Waals surface area contributed by atoms with Crippen LogP contribution in [0.1, 0.15) is 64.9 Å². The van der Waals surface area contributed by atoms with Gasteiger partial charge >= 0.3 is 5.97 Å². The molecule has 2 aliphatic heterocycles. The van der Waals surface area contributed by atoms with Gasteiger partial charge in [0.25, 0.3) is 5.91 Å². The van der Waals surface area contributed by atoms with E-state index in [1.165, 1.54) is 4.90 Å². The maximum absolute atomic E-state index is 13.7. The van der Waals surface area contributed by atoms with Crippen LogP contribution in [0.25, 0.3) is 0 Å². The number of carbonyl (C=O) groups excluding carboxylic acids is 4. The van der Waals surface area contributed by atoms with E-state index in [1.54, 1.807) is 30.9 Å². The molecule has 3 rings (SSSR count). The minimum absolute atomic E-state index is 0.0125. The molecule has 1 aromatic carbocycles. The Kier molecular flexibility index (Phi) is 11.3. The van der Waals surface area contributed by atoms with E-state index in [9.17, 15) is 19.2 Å². The molecule has 218 valence electrons. The fourth-order valence-electron chi connectivity index (χ4n) is 5.27. The number of likely N-dealkylation sites (tertiary alicyclic amines) is 1. The molecule has 0 saturated carbocycles. The Morgan fingerprint density at radius 3 is 2.40 bits per heavy atom. The summed E-state index contributed by atoms with van der Waals surface area (Å²) in [6, 6.07) is 8.76. The molecular weight excluding hydrogens is 508 g/mol. The van der Waals surface area contributed by atoms with E-state index >= 15 is 0 Å². The summed E-state index contributed by atoms with van der Waals surface area (Å²) in [5.74, 6) is -1.93. The third kappa shape index (κ3) is 7.68. The number of rotatable bonds is 15. The highest BCUT2D eigenvalue weighted by Gasteiger charge is 2.48. The first-order valence-electron chi connectivity index (χ1n) is 14.3. The van der Waals surface area contributed by atoms with Gasteiger partial charge in [0, 0.05) is 12.0 Å². The lowest BCUT2D eigenvalue weighted by Crippen LogP contribution is -2.67. The van der Waals surface area contributed by atoms with Crippen LogP contribution in [0.4, 0.5) is 0 Å². The third-order valence-electron chi connectivity index (χ3n) is 8.10. The standard InChI is InChI=1S/C32H44N2O6/c1-6-13-24(14-7-2)31(38)40-22-26(39-21-23-15-10-9-11-16-23)20-33-19-25-17-12-18-27(29(33)36)34(25)30(37)28(35)32(4,5)8-3/h6-7,9-11,15-16,24-27H,1-2,8,12-14,17-22H2,3-5H3/t25?,26-,27?/m1/s1. The number of Topliss-reactive ketones (excluding diaryl/α,β-unsaturated/α-hetero) is 1. The number of hydrogen-bond donors (Lipinski definition) is 0. The van der Waals surface area contributed by atoms with Gasteiger partial charge in [-0.15, -0.1) is 13.2 Å². The predicted octanol–water partition coefficient (Wildman–Crippen LogP) is 4.48. The fraction of sp³-hybridized carbons (Fsp3) is 0.562. The number of piperazine rings is 1. The number of ether oxygens (including phenoxy) is 2. The molecule has 2 heterocycles. The second-order valence-electron chi connectivity index (χ2n) is 11.4. The van der Waals surface area contributed by atoms with Gasteiger partial charge in [0.15, 0.2) is 0 Å². The number of carbonyl (C=O) groups is 4. The van der Waals surface area contributed by atoms with Crippen molar-refractivity contribution in [3.63, 3.8) is 0 Å². The van der Waals surface area contributed by atoms with E-state index in [1.807, 2.05) is 37.3 Å². The normalized spacial score (nSPS) is 19.8. The number of ketones is 1. The Morgan fingerprint density at radius 1 is 1.10 bits per heavy atom. The molecule has 0 spiro atoms. The van der Waals surface area contributed by atoms with Gasteiger partial charge in [-0.2, -0.15) is 0 Å². The lowest BCUT2D eigenvalue weighted by Gasteiger charge is -2.49. The minimum atomic E-state index is -0.777. The molecule has 3 atom stereocenters. The van der Waals surface area contributed by atoms with Crippen LogP contribution in [0.5, 0.6) is 0 Å². The minimum Gasteiger partial charge on any atom is -0.463 e. The van der Waals surface area contributed by atoms with Crippen molar-refractivity contribution in [1.82, 2.24) is 9.80 Å². The molecule has 8 nitrogen and oxygen atoms in total. The summed E-state index contributed by atoms with van der Waals surface area (Å²) in [6.07, 6.45) is 6.37. The third-order valence-corrected chi connectivity index (χ3v) is 8.10. The first-order valence-corrected chi connectivity index (χ1v) is 14.3. The van der Waals surface area contributed by atoms with Crippen LogP contribution in [0.3, 0.4) is 0 Å². The number of amides is 2. The molecular formula is C32H44N2O6. The molecule has 2 aliphatic rings. The van der Waals surface area contributed by atoms with Crippen molar-refractivity contribution in [1.29, 1.82) is 0 Å². The molecule has 40 heavy (non-hydrogen) atoms. The van der Waals surface area contributed by atoms with Gasteiger partial charge in [0.05, 0.1) is 25.1 Å². The maximum atomic E-state index is 13.7. The molecule has 0 radical (unpaired) electrons. The molecule has 2 amide bonds. The smallest absolute Gasteiger partial charge is 0.309 e. The van der Waals surface area contributed by atoms with Gasteiger partial charge in [-0.3, -0.25) is 19.2 Å². The molecule has 0 aromatic heterocycles. The zero-order valence-corrected chi connectivity index (χ0v) is 24.2. The largest absolute Gasteiger partial charge is 0.463 e. The molecule has 2 saturated heterocycles. The monoisotopic (exact) mass is 552 g/mol. The summed E-state index contributed by atoms with van der Waals surface area (Å²) in [7, 11) is 0. The Balaban J connectivity index is 1.74. The highest BCUT2D eigenvalue weighted by atomic mass is 16.6. The van der Waals surface area contributed by atoms with Crippen LogP contribution in [0.2, 0.25) is 0 Å². The summed E-state index contributed by atoms with van der Waals surface area (Å²) in [5.41, 5.74) is 0.187. The second-order valence-corrected chi connectivity index (χ2v) is 11.4. The maximum Gasteiger partial charge on any atom is 0.309 e. The van der Waals surface area contributed by atoms with Crippen molar-refractivity contribution in [2.24, 2.45) is 11.3 Å². The lowest BCUT2D eigenvalue weighted by molar-refractivity contribution is -0.167. The van der Waals surface area contributed by atoms with E-state index in [2.05, 4.69) is 13.2 Å². The van der Waals surface area contributed by atoms with Gasteiger partial charge in [-0.05, 0) is 44.1 Å². The molecule has 2 bridgehead atoms. The Labute approximate surface area is 238 Å². The highest BCUT2D eigenvalue weighted by molar-refractivity contribution is 6.38. The van der Waals surface area contributed by atoms with Gasteiger partial charge in [0.2, 0.25) is 11.7 Å². The van der Waals surface area contributed by atoms with Crippen molar-refractivity contribution < 1.29 is 28.7 Å². The summed E-state index contributed by atoms with van der Waals surface area (Å²) < 4.78 is 11.8. The number of hydrogen-bond acceptors (Lipinski definition) is 6. The van der Waals surface area contributed by atoms with E-state index in [4.69, 9.17) is 9.47 Å².